The van der Waals surface area contributed by atoms with Gasteiger partial charge in [0.1, 0.15) is 17.7 Å². The van der Waals surface area contributed by atoms with Crippen LogP contribution in [0.15, 0.2) is 48.7 Å². The molecular formula is C21H26FN5O2. The maximum atomic E-state index is 13.2. The van der Waals surface area contributed by atoms with E-state index in [0.717, 1.165) is 11.4 Å². The molecule has 1 fully saturated rings. The molecule has 1 aromatic heterocycles. The lowest BCUT2D eigenvalue weighted by Gasteiger charge is -2.35. The molecule has 0 aliphatic carbocycles. The van der Waals surface area contributed by atoms with E-state index in [2.05, 4.69) is 20.5 Å². The Balaban J connectivity index is 1.39. The molecule has 8 heteroatoms. The number of nitrogens with one attached hydrogen (secondary N) is 2. The zero-order valence-electron chi connectivity index (χ0n) is 16.5. The van der Waals surface area contributed by atoms with Crippen molar-refractivity contribution < 1.29 is 14.0 Å². The maximum absolute atomic E-state index is 13.2. The highest BCUT2D eigenvalue weighted by atomic mass is 19.1. The number of urea groups is 1. The summed E-state index contributed by atoms with van der Waals surface area (Å²) in [5, 5.41) is 5.52. The standard InChI is InChI=1S/C21H26FN5O2/c1-16(20(28)24-10-8-17-5-4-6-18(22)15-17)25-21(29)27-13-11-26(12-14-27)19-7-2-3-9-23-19/h2-7,9,15-16H,8,10-14H2,1H3,(H,24,28)(H,25,29)/t16-/m1/s1. The molecular weight excluding hydrogens is 373 g/mol. The minimum atomic E-state index is -0.649. The molecule has 0 unspecified atom stereocenters. The molecule has 29 heavy (non-hydrogen) atoms. The molecule has 2 aromatic rings. The van der Waals surface area contributed by atoms with E-state index in [1.165, 1.54) is 12.1 Å². The largest absolute Gasteiger partial charge is 0.354 e. The fraction of sp³-hybridized carbons (Fsp3) is 0.381. The highest BCUT2D eigenvalue weighted by Crippen LogP contribution is 2.12. The molecule has 1 atom stereocenters. The van der Waals surface area contributed by atoms with Crippen LogP contribution in [0.25, 0.3) is 0 Å². The number of halogens is 1. The summed E-state index contributed by atoms with van der Waals surface area (Å²) in [5.41, 5.74) is 0.813. The number of pyridine rings is 1. The number of nitrogens with zero attached hydrogens (tertiary/aromatic N) is 3. The molecule has 1 saturated heterocycles. The summed E-state index contributed by atoms with van der Waals surface area (Å²) in [4.78, 5) is 32.8. The summed E-state index contributed by atoms with van der Waals surface area (Å²) in [6, 6.07) is 11.1. The fourth-order valence-electron chi connectivity index (χ4n) is 3.20. The van der Waals surface area contributed by atoms with Gasteiger partial charge in [0.2, 0.25) is 5.91 Å². The van der Waals surface area contributed by atoms with Gasteiger partial charge < -0.3 is 20.4 Å². The van der Waals surface area contributed by atoms with Crippen molar-refractivity contribution in [1.82, 2.24) is 20.5 Å². The summed E-state index contributed by atoms with van der Waals surface area (Å²) in [7, 11) is 0. The van der Waals surface area contributed by atoms with E-state index in [-0.39, 0.29) is 17.8 Å². The van der Waals surface area contributed by atoms with Crippen LogP contribution in [0.1, 0.15) is 12.5 Å². The van der Waals surface area contributed by atoms with Crippen LogP contribution in [0.4, 0.5) is 15.0 Å². The first-order valence-corrected chi connectivity index (χ1v) is 9.76. The van der Waals surface area contributed by atoms with E-state index >= 15 is 0 Å². The fourth-order valence-corrected chi connectivity index (χ4v) is 3.20. The zero-order valence-corrected chi connectivity index (χ0v) is 16.5. The van der Waals surface area contributed by atoms with Crippen LogP contribution in [0.2, 0.25) is 0 Å². The predicted octanol–water partition coefficient (Wildman–Crippen LogP) is 1.80. The number of anilines is 1. The molecule has 1 aromatic carbocycles. The molecule has 0 radical (unpaired) electrons. The lowest BCUT2D eigenvalue weighted by Crippen LogP contribution is -2.55. The van der Waals surface area contributed by atoms with Crippen molar-refractivity contribution in [2.24, 2.45) is 0 Å². The lowest BCUT2D eigenvalue weighted by atomic mass is 10.1. The van der Waals surface area contributed by atoms with Crippen LogP contribution in [-0.4, -0.2) is 60.6 Å². The number of hydrogen-bond acceptors (Lipinski definition) is 4. The van der Waals surface area contributed by atoms with E-state index in [1.54, 1.807) is 24.1 Å². The Kier molecular flexibility index (Phi) is 6.99. The number of amides is 3. The third-order valence-corrected chi connectivity index (χ3v) is 4.88. The van der Waals surface area contributed by atoms with Crippen LogP contribution in [-0.2, 0) is 11.2 Å². The van der Waals surface area contributed by atoms with Gasteiger partial charge in [-0.2, -0.15) is 0 Å². The van der Waals surface area contributed by atoms with Gasteiger partial charge in [-0.25, -0.2) is 14.2 Å². The number of aromatic nitrogens is 1. The normalized spacial score (nSPS) is 15.0. The minimum absolute atomic E-state index is 0.251. The van der Waals surface area contributed by atoms with E-state index in [9.17, 15) is 14.0 Å². The molecule has 2 heterocycles. The average Bonchev–Trinajstić information content (AvgIpc) is 2.74. The predicted molar refractivity (Wildman–Crippen MR) is 109 cm³/mol. The van der Waals surface area contributed by atoms with Crippen molar-refractivity contribution in [3.05, 3.63) is 60.0 Å². The Labute approximate surface area is 169 Å². The second kappa shape index (κ2) is 9.86. The van der Waals surface area contributed by atoms with Crippen molar-refractivity contribution in [3.63, 3.8) is 0 Å². The van der Waals surface area contributed by atoms with Gasteiger partial charge in [0, 0.05) is 38.9 Å². The van der Waals surface area contributed by atoms with Gasteiger partial charge >= 0.3 is 6.03 Å². The van der Waals surface area contributed by atoms with Crippen molar-refractivity contribution in [2.45, 2.75) is 19.4 Å². The second-order valence-corrected chi connectivity index (χ2v) is 7.00. The summed E-state index contributed by atoms with van der Waals surface area (Å²) in [5.74, 6) is 0.345. The van der Waals surface area contributed by atoms with Crippen molar-refractivity contribution in [1.29, 1.82) is 0 Å². The second-order valence-electron chi connectivity index (χ2n) is 7.00. The summed E-state index contributed by atoms with van der Waals surface area (Å²) in [6.07, 6.45) is 2.28. The number of piperazine rings is 1. The Morgan fingerprint density at radius 1 is 1.14 bits per heavy atom. The van der Waals surface area contributed by atoms with Crippen molar-refractivity contribution in [3.8, 4) is 0 Å². The van der Waals surface area contributed by atoms with Gasteiger partial charge in [-0.1, -0.05) is 18.2 Å². The minimum Gasteiger partial charge on any atom is -0.354 e. The quantitative estimate of drug-likeness (QED) is 0.777. The van der Waals surface area contributed by atoms with Crippen molar-refractivity contribution in [2.75, 3.05) is 37.6 Å². The van der Waals surface area contributed by atoms with Gasteiger partial charge in [0.25, 0.3) is 0 Å². The van der Waals surface area contributed by atoms with Crippen LogP contribution >= 0.6 is 0 Å². The van der Waals surface area contributed by atoms with Gasteiger partial charge in [-0.3, -0.25) is 4.79 Å². The number of benzene rings is 1. The number of hydrogen-bond donors (Lipinski definition) is 2. The van der Waals surface area contributed by atoms with Crippen LogP contribution in [0, 0.1) is 5.82 Å². The highest BCUT2D eigenvalue weighted by molar-refractivity contribution is 5.86. The van der Waals surface area contributed by atoms with E-state index in [0.29, 0.717) is 39.1 Å². The lowest BCUT2D eigenvalue weighted by molar-refractivity contribution is -0.122. The summed E-state index contributed by atoms with van der Waals surface area (Å²) >= 11 is 0. The summed E-state index contributed by atoms with van der Waals surface area (Å²) < 4.78 is 13.2. The Morgan fingerprint density at radius 3 is 2.62 bits per heavy atom. The Bertz CT molecular complexity index is 825. The van der Waals surface area contributed by atoms with Gasteiger partial charge in [0.15, 0.2) is 0 Å². The molecule has 7 nitrogen and oxygen atoms in total. The first kappa shape index (κ1) is 20.6. The Hall–Kier alpha value is -3.16. The molecule has 1 aliphatic heterocycles. The number of carbonyl (C=O) groups is 2. The number of carbonyl (C=O) groups excluding carboxylic acids is 2. The zero-order chi connectivity index (χ0) is 20.6. The number of rotatable bonds is 6. The van der Waals surface area contributed by atoms with E-state index in [4.69, 9.17) is 0 Å². The monoisotopic (exact) mass is 399 g/mol. The third-order valence-electron chi connectivity index (χ3n) is 4.88. The Morgan fingerprint density at radius 2 is 1.93 bits per heavy atom. The molecule has 2 N–H and O–H groups in total. The first-order chi connectivity index (χ1) is 14.0. The van der Waals surface area contributed by atoms with Crippen molar-refractivity contribution >= 4 is 17.8 Å². The SMILES string of the molecule is C[C@@H](NC(=O)N1CCN(c2ccccn2)CC1)C(=O)NCCc1cccc(F)c1. The smallest absolute Gasteiger partial charge is 0.318 e. The topological polar surface area (TPSA) is 77.6 Å². The van der Waals surface area contributed by atoms with Crippen LogP contribution < -0.4 is 15.5 Å². The van der Waals surface area contributed by atoms with Crippen LogP contribution in [0.5, 0.6) is 0 Å². The molecule has 3 amide bonds. The first-order valence-electron chi connectivity index (χ1n) is 9.76. The average molecular weight is 399 g/mol. The van der Waals surface area contributed by atoms with Gasteiger partial charge in [-0.05, 0) is 43.2 Å². The maximum Gasteiger partial charge on any atom is 0.318 e. The van der Waals surface area contributed by atoms with Crippen LogP contribution in [0.3, 0.4) is 0 Å². The van der Waals surface area contributed by atoms with Gasteiger partial charge in [-0.15, -0.1) is 0 Å². The molecule has 0 saturated carbocycles. The van der Waals surface area contributed by atoms with E-state index in [1.807, 2.05) is 24.3 Å². The van der Waals surface area contributed by atoms with E-state index < -0.39 is 6.04 Å². The molecule has 0 bridgehead atoms. The molecule has 0 spiro atoms. The molecule has 3 rings (SSSR count). The third kappa shape index (κ3) is 5.91. The van der Waals surface area contributed by atoms with Gasteiger partial charge in [0.05, 0.1) is 0 Å². The summed E-state index contributed by atoms with van der Waals surface area (Å²) in [6.45, 7) is 4.55. The molecule has 1 aliphatic rings. The molecule has 154 valence electrons. The highest BCUT2D eigenvalue weighted by Gasteiger charge is 2.24.